The minimum absolute atomic E-state index is 0.0614. The molecule has 0 aliphatic carbocycles. The third-order valence-corrected chi connectivity index (χ3v) is 3.23. The second kappa shape index (κ2) is 5.43. The van der Waals surface area contributed by atoms with Crippen LogP contribution in [-0.2, 0) is 0 Å². The van der Waals surface area contributed by atoms with Crippen LogP contribution in [0.25, 0.3) is 0 Å². The predicted octanol–water partition coefficient (Wildman–Crippen LogP) is 1.18. The quantitative estimate of drug-likeness (QED) is 0.802. The summed E-state index contributed by atoms with van der Waals surface area (Å²) in [6.07, 6.45) is 1.67. The molecule has 3 heteroatoms. The summed E-state index contributed by atoms with van der Waals surface area (Å²) >= 11 is 0. The number of aliphatic hydroxyl groups excluding tert-OH is 2. The van der Waals surface area contributed by atoms with E-state index in [1.807, 2.05) is 30.3 Å². The lowest BCUT2D eigenvalue weighted by atomic mass is 10.0. The van der Waals surface area contributed by atoms with Crippen molar-refractivity contribution in [2.24, 2.45) is 0 Å². The van der Waals surface area contributed by atoms with E-state index in [1.165, 1.54) is 12.8 Å². The summed E-state index contributed by atoms with van der Waals surface area (Å²) in [7, 11) is 0. The highest BCUT2D eigenvalue weighted by Crippen LogP contribution is 2.27. The topological polar surface area (TPSA) is 43.7 Å². The van der Waals surface area contributed by atoms with Crippen molar-refractivity contribution < 1.29 is 10.2 Å². The van der Waals surface area contributed by atoms with Gasteiger partial charge in [0.2, 0.25) is 0 Å². The Morgan fingerprint density at radius 1 is 1.12 bits per heavy atom. The summed E-state index contributed by atoms with van der Waals surface area (Å²) in [6.45, 7) is 1.84. The molecule has 1 fully saturated rings. The molecule has 0 saturated carbocycles. The molecule has 1 aliphatic heterocycles. The molecule has 88 valence electrons. The first-order valence-electron chi connectivity index (χ1n) is 5.91. The molecule has 16 heavy (non-hydrogen) atoms. The Hall–Kier alpha value is -0.900. The van der Waals surface area contributed by atoms with Gasteiger partial charge in [0.15, 0.2) is 0 Å². The van der Waals surface area contributed by atoms with Crippen LogP contribution in [0.15, 0.2) is 30.3 Å². The zero-order valence-corrected chi connectivity index (χ0v) is 9.42. The van der Waals surface area contributed by atoms with Crippen molar-refractivity contribution in [2.45, 2.75) is 25.0 Å². The first kappa shape index (κ1) is 11.6. The summed E-state index contributed by atoms with van der Waals surface area (Å²) in [5, 5.41) is 19.1. The van der Waals surface area contributed by atoms with Gasteiger partial charge >= 0.3 is 0 Å². The highest BCUT2D eigenvalue weighted by atomic mass is 16.3. The highest BCUT2D eigenvalue weighted by molar-refractivity contribution is 5.20. The van der Waals surface area contributed by atoms with E-state index >= 15 is 0 Å². The molecule has 0 amide bonds. The zero-order valence-electron chi connectivity index (χ0n) is 9.42. The van der Waals surface area contributed by atoms with Crippen LogP contribution in [0.5, 0.6) is 0 Å². The van der Waals surface area contributed by atoms with Gasteiger partial charge in [-0.1, -0.05) is 30.3 Å². The Kier molecular flexibility index (Phi) is 3.93. The lowest BCUT2D eigenvalue weighted by Crippen LogP contribution is -2.36. The third kappa shape index (κ3) is 2.43. The van der Waals surface area contributed by atoms with Crippen LogP contribution in [-0.4, -0.2) is 40.9 Å². The average molecular weight is 221 g/mol. The first-order chi connectivity index (χ1) is 7.83. The Balaban J connectivity index is 2.20. The maximum absolute atomic E-state index is 9.94. The standard InChI is InChI=1S/C13H19NO2/c15-10-12(16)13(14-8-4-5-9-14)11-6-2-1-3-7-11/h1-3,6-7,12-13,15-16H,4-5,8-10H2/t12-,13+/m0/s1. The molecule has 0 bridgehead atoms. The van der Waals surface area contributed by atoms with Crippen LogP contribution < -0.4 is 0 Å². The minimum Gasteiger partial charge on any atom is -0.394 e. The van der Waals surface area contributed by atoms with Crippen molar-refractivity contribution in [3.63, 3.8) is 0 Å². The maximum atomic E-state index is 9.94. The second-order valence-electron chi connectivity index (χ2n) is 4.35. The Morgan fingerprint density at radius 2 is 1.75 bits per heavy atom. The van der Waals surface area contributed by atoms with Crippen LogP contribution in [0, 0.1) is 0 Å². The van der Waals surface area contributed by atoms with E-state index in [-0.39, 0.29) is 12.6 Å². The van der Waals surface area contributed by atoms with Gasteiger partial charge in [-0.05, 0) is 31.5 Å². The number of nitrogens with zero attached hydrogens (tertiary/aromatic N) is 1. The van der Waals surface area contributed by atoms with Gasteiger partial charge in [-0.3, -0.25) is 4.90 Å². The van der Waals surface area contributed by atoms with Crippen LogP contribution in [0.2, 0.25) is 0 Å². The molecular weight excluding hydrogens is 202 g/mol. The summed E-state index contributed by atoms with van der Waals surface area (Å²) in [5.41, 5.74) is 1.09. The van der Waals surface area contributed by atoms with E-state index in [2.05, 4.69) is 4.90 Å². The number of likely N-dealkylation sites (tertiary alicyclic amines) is 1. The smallest absolute Gasteiger partial charge is 0.0967 e. The number of rotatable bonds is 4. The van der Waals surface area contributed by atoms with Gasteiger partial charge in [-0.25, -0.2) is 0 Å². The van der Waals surface area contributed by atoms with Crippen molar-refractivity contribution in [2.75, 3.05) is 19.7 Å². The normalized spacial score (nSPS) is 20.9. The second-order valence-corrected chi connectivity index (χ2v) is 4.35. The van der Waals surface area contributed by atoms with Gasteiger partial charge < -0.3 is 10.2 Å². The summed E-state index contributed by atoms with van der Waals surface area (Å²) in [4.78, 5) is 2.26. The molecule has 1 aromatic carbocycles. The highest BCUT2D eigenvalue weighted by Gasteiger charge is 2.28. The van der Waals surface area contributed by atoms with E-state index < -0.39 is 6.10 Å². The van der Waals surface area contributed by atoms with E-state index in [9.17, 15) is 5.11 Å². The third-order valence-electron chi connectivity index (χ3n) is 3.23. The molecule has 3 nitrogen and oxygen atoms in total. The van der Waals surface area contributed by atoms with Gasteiger partial charge in [0.05, 0.1) is 18.8 Å². The number of hydrogen-bond donors (Lipinski definition) is 2. The molecule has 2 rings (SSSR count). The van der Waals surface area contributed by atoms with Crippen LogP contribution >= 0.6 is 0 Å². The van der Waals surface area contributed by atoms with E-state index in [0.717, 1.165) is 18.7 Å². The lowest BCUT2D eigenvalue weighted by Gasteiger charge is -2.31. The minimum atomic E-state index is -0.694. The van der Waals surface area contributed by atoms with Gasteiger partial charge in [0.25, 0.3) is 0 Å². The molecule has 1 saturated heterocycles. The molecule has 0 unspecified atom stereocenters. The molecule has 1 aliphatic rings. The van der Waals surface area contributed by atoms with Crippen molar-refractivity contribution in [3.05, 3.63) is 35.9 Å². The fraction of sp³-hybridized carbons (Fsp3) is 0.538. The number of aliphatic hydroxyl groups is 2. The van der Waals surface area contributed by atoms with Gasteiger partial charge in [-0.15, -0.1) is 0 Å². The van der Waals surface area contributed by atoms with E-state index in [0.29, 0.717) is 0 Å². The van der Waals surface area contributed by atoms with E-state index in [4.69, 9.17) is 5.11 Å². The zero-order chi connectivity index (χ0) is 11.4. The molecule has 0 radical (unpaired) electrons. The first-order valence-corrected chi connectivity index (χ1v) is 5.91. The van der Waals surface area contributed by atoms with E-state index in [1.54, 1.807) is 0 Å². The SMILES string of the molecule is OC[C@H](O)[C@@H](c1ccccc1)N1CCCC1. The number of benzene rings is 1. The fourth-order valence-corrected chi connectivity index (χ4v) is 2.45. The molecule has 2 atom stereocenters. The van der Waals surface area contributed by atoms with Crippen molar-refractivity contribution >= 4 is 0 Å². The summed E-state index contributed by atoms with van der Waals surface area (Å²) in [5.74, 6) is 0. The summed E-state index contributed by atoms with van der Waals surface area (Å²) < 4.78 is 0. The molecule has 0 aromatic heterocycles. The predicted molar refractivity (Wildman–Crippen MR) is 63.1 cm³/mol. The van der Waals surface area contributed by atoms with Gasteiger partial charge in [0, 0.05) is 0 Å². The van der Waals surface area contributed by atoms with Crippen molar-refractivity contribution in [1.82, 2.24) is 4.90 Å². The van der Waals surface area contributed by atoms with Gasteiger partial charge in [-0.2, -0.15) is 0 Å². The summed E-state index contributed by atoms with van der Waals surface area (Å²) in [6, 6.07) is 9.89. The number of hydrogen-bond acceptors (Lipinski definition) is 3. The largest absolute Gasteiger partial charge is 0.394 e. The Labute approximate surface area is 96.3 Å². The maximum Gasteiger partial charge on any atom is 0.0967 e. The molecular formula is C13H19NO2. The molecule has 1 aromatic rings. The van der Waals surface area contributed by atoms with Crippen LogP contribution in [0.3, 0.4) is 0 Å². The van der Waals surface area contributed by atoms with Crippen molar-refractivity contribution in [3.8, 4) is 0 Å². The molecule has 0 spiro atoms. The Bertz CT molecular complexity index is 309. The van der Waals surface area contributed by atoms with Crippen molar-refractivity contribution in [1.29, 1.82) is 0 Å². The molecule has 1 heterocycles. The Morgan fingerprint density at radius 3 is 2.31 bits per heavy atom. The average Bonchev–Trinajstić information content (AvgIpc) is 2.84. The van der Waals surface area contributed by atoms with Crippen LogP contribution in [0.4, 0.5) is 0 Å². The molecule has 2 N–H and O–H groups in total. The fourth-order valence-electron chi connectivity index (χ4n) is 2.45. The lowest BCUT2D eigenvalue weighted by molar-refractivity contribution is 0.0183. The van der Waals surface area contributed by atoms with Gasteiger partial charge in [0.1, 0.15) is 0 Å². The van der Waals surface area contributed by atoms with Crippen LogP contribution in [0.1, 0.15) is 24.4 Å². The monoisotopic (exact) mass is 221 g/mol.